The van der Waals surface area contributed by atoms with Gasteiger partial charge in [-0.05, 0) is 36.3 Å². The highest BCUT2D eigenvalue weighted by Crippen LogP contribution is 2.52. The van der Waals surface area contributed by atoms with Crippen LogP contribution in [0.2, 0.25) is 0 Å². The zero-order valence-electron chi connectivity index (χ0n) is 14.8. The van der Waals surface area contributed by atoms with Gasteiger partial charge in [0, 0.05) is 22.4 Å². The molecule has 27 heavy (non-hydrogen) atoms. The number of ketones is 1. The van der Waals surface area contributed by atoms with E-state index in [1.54, 1.807) is 13.0 Å². The summed E-state index contributed by atoms with van der Waals surface area (Å²) in [7, 11) is 0. The molecule has 2 atom stereocenters. The van der Waals surface area contributed by atoms with E-state index in [4.69, 9.17) is 4.74 Å². The molecule has 4 nitrogen and oxygen atoms in total. The van der Waals surface area contributed by atoms with Crippen molar-refractivity contribution in [2.24, 2.45) is 5.41 Å². The van der Waals surface area contributed by atoms with E-state index in [9.17, 15) is 14.9 Å². The molecule has 2 unspecified atom stereocenters. The fraction of sp³-hybridized carbons (Fsp3) is 0.227. The molecule has 2 aromatic carbocycles. The summed E-state index contributed by atoms with van der Waals surface area (Å²) in [5.41, 5.74) is 0.0695. The van der Waals surface area contributed by atoms with Crippen LogP contribution in [0.5, 0.6) is 0 Å². The third kappa shape index (κ3) is 3.45. The Bertz CT molecular complexity index is 928. The summed E-state index contributed by atoms with van der Waals surface area (Å²) >= 11 is 3.38. The van der Waals surface area contributed by atoms with Crippen molar-refractivity contribution in [3.05, 3.63) is 75.8 Å². The minimum absolute atomic E-state index is 0.0960. The van der Waals surface area contributed by atoms with Crippen molar-refractivity contribution in [2.75, 3.05) is 6.61 Å². The van der Waals surface area contributed by atoms with Gasteiger partial charge in [-0.1, -0.05) is 58.4 Å². The number of hydrogen-bond acceptors (Lipinski definition) is 4. The normalized spacial score (nSPS) is 23.2. The smallest absolute Gasteiger partial charge is 0.331 e. The average molecular weight is 424 g/mol. The quantitative estimate of drug-likeness (QED) is 0.529. The fourth-order valence-corrected chi connectivity index (χ4v) is 3.77. The number of esters is 1. The minimum atomic E-state index is -1.65. The first-order chi connectivity index (χ1) is 13.0. The molecule has 0 heterocycles. The summed E-state index contributed by atoms with van der Waals surface area (Å²) in [5, 5.41) is 10.1. The molecule has 0 aliphatic heterocycles. The molecule has 0 aromatic heterocycles. The zero-order valence-corrected chi connectivity index (χ0v) is 16.4. The summed E-state index contributed by atoms with van der Waals surface area (Å²) in [4.78, 5) is 25.8. The molecule has 0 amide bonds. The molecule has 2 aromatic rings. The third-order valence-corrected chi connectivity index (χ3v) is 5.32. The third-order valence-electron chi connectivity index (χ3n) is 4.79. The number of nitriles is 1. The summed E-state index contributed by atoms with van der Waals surface area (Å²) in [6.07, 6.45) is 1.73. The van der Waals surface area contributed by atoms with Crippen molar-refractivity contribution >= 4 is 33.8 Å². The van der Waals surface area contributed by atoms with Gasteiger partial charge >= 0.3 is 5.97 Å². The molecule has 0 saturated heterocycles. The predicted octanol–water partition coefficient (Wildman–Crippen LogP) is 4.66. The van der Waals surface area contributed by atoms with E-state index >= 15 is 0 Å². The lowest BCUT2D eigenvalue weighted by atomic mass is 9.73. The van der Waals surface area contributed by atoms with Crippen molar-refractivity contribution < 1.29 is 14.3 Å². The number of nitrogens with zero attached hydrogens (tertiary/aromatic N) is 1. The number of ether oxygens (including phenoxy) is 1. The second kappa shape index (κ2) is 7.89. The maximum absolute atomic E-state index is 12.9. The molecule has 1 fully saturated rings. The lowest BCUT2D eigenvalue weighted by molar-refractivity contribution is -0.150. The molecule has 0 N–H and O–H groups in total. The van der Waals surface area contributed by atoms with Crippen LogP contribution in [0.4, 0.5) is 0 Å². The van der Waals surface area contributed by atoms with Gasteiger partial charge in [0.1, 0.15) is 0 Å². The standard InChI is InChI=1S/C22H18BrNO3/c1-2-27-21(26)22(14-24)18(16-6-4-3-5-7-16)13-20(25)19(22)12-15-8-10-17(23)11-9-15/h3-12,18H,2,13H2,1H3/b19-12-. The molecular weight excluding hydrogens is 406 g/mol. The van der Waals surface area contributed by atoms with E-state index in [0.717, 1.165) is 15.6 Å². The maximum atomic E-state index is 12.9. The second-order valence-corrected chi connectivity index (χ2v) is 7.26. The highest BCUT2D eigenvalue weighted by molar-refractivity contribution is 9.10. The van der Waals surface area contributed by atoms with Crippen LogP contribution in [0, 0.1) is 16.7 Å². The Kier molecular flexibility index (Phi) is 5.57. The zero-order chi connectivity index (χ0) is 19.4. The van der Waals surface area contributed by atoms with Gasteiger partial charge in [-0.25, -0.2) is 4.79 Å². The van der Waals surface area contributed by atoms with Gasteiger partial charge in [-0.15, -0.1) is 0 Å². The van der Waals surface area contributed by atoms with Gasteiger partial charge in [0.15, 0.2) is 11.2 Å². The lowest BCUT2D eigenvalue weighted by Crippen LogP contribution is -2.36. The number of carbonyl (C=O) groups excluding carboxylic acids is 2. The van der Waals surface area contributed by atoms with Crippen molar-refractivity contribution in [2.45, 2.75) is 19.3 Å². The van der Waals surface area contributed by atoms with E-state index in [0.29, 0.717) is 0 Å². The van der Waals surface area contributed by atoms with Gasteiger partial charge < -0.3 is 4.74 Å². The second-order valence-electron chi connectivity index (χ2n) is 6.34. The molecule has 0 bridgehead atoms. The number of benzene rings is 2. The van der Waals surface area contributed by atoms with E-state index in [1.807, 2.05) is 54.6 Å². The highest BCUT2D eigenvalue weighted by atomic mass is 79.9. The van der Waals surface area contributed by atoms with Crippen molar-refractivity contribution in [1.29, 1.82) is 5.26 Å². The van der Waals surface area contributed by atoms with Crippen molar-refractivity contribution in [1.82, 2.24) is 0 Å². The Labute approximate surface area is 166 Å². The van der Waals surface area contributed by atoms with E-state index in [2.05, 4.69) is 22.0 Å². The predicted molar refractivity (Wildman–Crippen MR) is 106 cm³/mol. The Hall–Kier alpha value is -2.71. The molecular formula is C22H18BrNO3. The summed E-state index contributed by atoms with van der Waals surface area (Å²) in [5.74, 6) is -1.45. The molecule has 1 saturated carbocycles. The largest absolute Gasteiger partial charge is 0.465 e. The van der Waals surface area contributed by atoms with Gasteiger partial charge in [-0.2, -0.15) is 5.26 Å². The van der Waals surface area contributed by atoms with Crippen molar-refractivity contribution in [3.63, 3.8) is 0 Å². The summed E-state index contributed by atoms with van der Waals surface area (Å²) in [6.45, 7) is 1.83. The molecule has 0 radical (unpaired) electrons. The number of halogens is 1. The first-order valence-electron chi connectivity index (χ1n) is 8.67. The Morgan fingerprint density at radius 3 is 2.52 bits per heavy atom. The maximum Gasteiger partial charge on any atom is 0.331 e. The number of carbonyl (C=O) groups is 2. The van der Waals surface area contributed by atoms with Gasteiger partial charge in [0.25, 0.3) is 0 Å². The summed E-state index contributed by atoms with van der Waals surface area (Å²) < 4.78 is 6.15. The topological polar surface area (TPSA) is 67.2 Å². The highest BCUT2D eigenvalue weighted by Gasteiger charge is 2.58. The van der Waals surface area contributed by atoms with Crippen LogP contribution in [-0.2, 0) is 14.3 Å². The van der Waals surface area contributed by atoms with Gasteiger partial charge in [0.2, 0.25) is 0 Å². The molecule has 5 heteroatoms. The minimum Gasteiger partial charge on any atom is -0.465 e. The fourth-order valence-electron chi connectivity index (χ4n) is 3.51. The molecule has 1 aliphatic carbocycles. The molecule has 3 rings (SSSR count). The van der Waals surface area contributed by atoms with Gasteiger partial charge in [0.05, 0.1) is 12.7 Å². The van der Waals surface area contributed by atoms with Crippen LogP contribution in [0.15, 0.2) is 64.6 Å². The monoisotopic (exact) mass is 423 g/mol. The van der Waals surface area contributed by atoms with Crippen LogP contribution in [0.3, 0.4) is 0 Å². The first kappa shape index (κ1) is 19.1. The van der Waals surface area contributed by atoms with Crippen LogP contribution in [-0.4, -0.2) is 18.4 Å². The average Bonchev–Trinajstić information content (AvgIpc) is 2.97. The van der Waals surface area contributed by atoms with Crippen LogP contribution >= 0.6 is 15.9 Å². The molecule has 1 aliphatic rings. The first-order valence-corrected chi connectivity index (χ1v) is 9.46. The van der Waals surface area contributed by atoms with E-state index in [1.165, 1.54) is 0 Å². The van der Waals surface area contributed by atoms with Gasteiger partial charge in [-0.3, -0.25) is 4.79 Å². The number of hydrogen-bond donors (Lipinski definition) is 0. The van der Waals surface area contributed by atoms with E-state index in [-0.39, 0.29) is 24.4 Å². The van der Waals surface area contributed by atoms with Crippen LogP contribution < -0.4 is 0 Å². The molecule has 136 valence electrons. The summed E-state index contributed by atoms with van der Waals surface area (Å²) in [6, 6.07) is 18.7. The Morgan fingerprint density at radius 2 is 1.93 bits per heavy atom. The molecule has 0 spiro atoms. The number of Topliss-reactive ketones (excluding diaryl/α,β-unsaturated/α-hetero) is 1. The Morgan fingerprint density at radius 1 is 1.26 bits per heavy atom. The number of rotatable bonds is 4. The Balaban J connectivity index is 2.18. The lowest BCUT2D eigenvalue weighted by Gasteiger charge is -2.27. The van der Waals surface area contributed by atoms with E-state index < -0.39 is 17.3 Å². The SMILES string of the molecule is CCOC(=O)C1(C#N)/C(=C\c2ccc(Br)cc2)C(=O)CC1c1ccccc1. The van der Waals surface area contributed by atoms with Crippen LogP contribution in [0.25, 0.3) is 6.08 Å². The van der Waals surface area contributed by atoms with Crippen LogP contribution in [0.1, 0.15) is 30.4 Å². The van der Waals surface area contributed by atoms with Crippen molar-refractivity contribution in [3.8, 4) is 6.07 Å².